The molecule has 5 nitrogen and oxygen atoms in total. The molecule has 6 heteroatoms. The molecule has 0 unspecified atom stereocenters. The third-order valence-electron chi connectivity index (χ3n) is 4.00. The summed E-state index contributed by atoms with van der Waals surface area (Å²) in [5.41, 5.74) is 2.28. The number of halogens is 1. The van der Waals surface area contributed by atoms with Gasteiger partial charge in [-0.15, -0.1) is 0 Å². The molecule has 0 aliphatic carbocycles. The summed E-state index contributed by atoms with van der Waals surface area (Å²) in [6.07, 6.45) is 1.81. The number of carbonyl (C=O) groups excluding carboxylic acids is 2. The molecule has 1 atom stereocenters. The summed E-state index contributed by atoms with van der Waals surface area (Å²) in [6, 6.07) is 11.9. The summed E-state index contributed by atoms with van der Waals surface area (Å²) in [5.74, 6) is -2.20. The maximum atomic E-state index is 12.9. The minimum atomic E-state index is -1.35. The van der Waals surface area contributed by atoms with Gasteiger partial charge >= 0.3 is 0 Å². The van der Waals surface area contributed by atoms with Crippen LogP contribution in [0.15, 0.2) is 54.7 Å². The van der Waals surface area contributed by atoms with E-state index in [2.05, 4.69) is 10.3 Å². The van der Waals surface area contributed by atoms with Crippen molar-refractivity contribution in [1.29, 1.82) is 0 Å². The van der Waals surface area contributed by atoms with E-state index in [9.17, 15) is 19.1 Å². The number of carboxylic acids is 1. The highest BCUT2D eigenvalue weighted by Crippen LogP contribution is 2.19. The molecule has 128 valence electrons. The molecule has 2 N–H and O–H groups in total. The third kappa shape index (κ3) is 4.03. The molecule has 1 heterocycles. The summed E-state index contributed by atoms with van der Waals surface area (Å²) in [4.78, 5) is 26.6. The first-order valence-corrected chi connectivity index (χ1v) is 7.82. The lowest BCUT2D eigenvalue weighted by molar-refractivity contribution is -0.308. The Hall–Kier alpha value is -3.15. The molecule has 0 aliphatic heterocycles. The summed E-state index contributed by atoms with van der Waals surface area (Å²) in [5, 5.41) is 14.8. The quantitative estimate of drug-likeness (QED) is 0.710. The zero-order chi connectivity index (χ0) is 17.8. The van der Waals surface area contributed by atoms with Crippen molar-refractivity contribution in [2.24, 2.45) is 0 Å². The number of H-pyrrole nitrogens is 1. The third-order valence-corrected chi connectivity index (χ3v) is 4.00. The maximum Gasteiger partial charge on any atom is 0.224 e. The second-order valence-electron chi connectivity index (χ2n) is 5.81. The zero-order valence-corrected chi connectivity index (χ0v) is 13.3. The van der Waals surface area contributed by atoms with Crippen LogP contribution in [0, 0.1) is 5.82 Å². The zero-order valence-electron chi connectivity index (χ0n) is 13.3. The van der Waals surface area contributed by atoms with E-state index in [0.29, 0.717) is 5.56 Å². The highest BCUT2D eigenvalue weighted by Gasteiger charge is 2.16. The second-order valence-corrected chi connectivity index (χ2v) is 5.81. The van der Waals surface area contributed by atoms with E-state index in [1.807, 2.05) is 24.3 Å². The van der Waals surface area contributed by atoms with Gasteiger partial charge in [0.2, 0.25) is 5.91 Å². The predicted molar refractivity (Wildman–Crippen MR) is 89.0 cm³/mol. The van der Waals surface area contributed by atoms with Gasteiger partial charge in [0.05, 0.1) is 18.4 Å². The molecule has 0 bridgehead atoms. The Morgan fingerprint density at radius 2 is 1.84 bits per heavy atom. The van der Waals surface area contributed by atoms with Crippen LogP contribution in [0.4, 0.5) is 4.39 Å². The summed E-state index contributed by atoms with van der Waals surface area (Å²) < 4.78 is 12.9. The number of carboxylic acid groups (broad SMARTS) is 1. The average Bonchev–Trinajstić information content (AvgIpc) is 2.99. The van der Waals surface area contributed by atoms with Crippen molar-refractivity contribution in [2.75, 3.05) is 0 Å². The van der Waals surface area contributed by atoms with Gasteiger partial charge in [0.25, 0.3) is 0 Å². The van der Waals surface area contributed by atoms with Gasteiger partial charge in [-0.2, -0.15) is 0 Å². The predicted octanol–water partition coefficient (Wildman–Crippen LogP) is 1.33. The highest BCUT2D eigenvalue weighted by atomic mass is 19.1. The lowest BCUT2D eigenvalue weighted by Gasteiger charge is -2.19. The Kier molecular flexibility index (Phi) is 4.79. The van der Waals surface area contributed by atoms with Crippen molar-refractivity contribution in [3.63, 3.8) is 0 Å². The minimum absolute atomic E-state index is 0.0298. The molecule has 0 spiro atoms. The molecule has 0 radical (unpaired) electrons. The molecule has 1 aromatic heterocycles. The van der Waals surface area contributed by atoms with E-state index in [0.717, 1.165) is 16.5 Å². The van der Waals surface area contributed by atoms with Crippen LogP contribution in [0.2, 0.25) is 0 Å². The maximum absolute atomic E-state index is 12.9. The molecular weight excluding hydrogens is 323 g/mol. The highest BCUT2D eigenvalue weighted by molar-refractivity contribution is 5.86. The summed E-state index contributed by atoms with van der Waals surface area (Å²) in [6.45, 7) is 0. The van der Waals surface area contributed by atoms with E-state index in [1.54, 1.807) is 6.20 Å². The Bertz CT molecular complexity index is 902. The molecule has 0 saturated carbocycles. The van der Waals surface area contributed by atoms with Crippen LogP contribution in [-0.2, 0) is 22.4 Å². The lowest BCUT2D eigenvalue weighted by Crippen LogP contribution is -2.49. The van der Waals surface area contributed by atoms with Crippen LogP contribution in [-0.4, -0.2) is 22.9 Å². The van der Waals surface area contributed by atoms with Crippen molar-refractivity contribution < 1.29 is 19.1 Å². The van der Waals surface area contributed by atoms with Gasteiger partial charge in [0, 0.05) is 23.5 Å². The number of fused-ring (bicyclic) bond motifs is 1. The smallest absolute Gasteiger partial charge is 0.224 e. The van der Waals surface area contributed by atoms with Crippen LogP contribution >= 0.6 is 0 Å². The van der Waals surface area contributed by atoms with E-state index in [4.69, 9.17) is 0 Å². The van der Waals surface area contributed by atoms with Gasteiger partial charge in [-0.3, -0.25) is 4.79 Å². The van der Waals surface area contributed by atoms with Crippen LogP contribution in [0.5, 0.6) is 0 Å². The number of aromatic amines is 1. The number of hydrogen-bond acceptors (Lipinski definition) is 3. The molecular formula is C19H16FN2O3-. The number of amides is 1. The molecule has 0 saturated heterocycles. The first-order valence-electron chi connectivity index (χ1n) is 7.82. The Labute approximate surface area is 143 Å². The molecule has 2 aromatic carbocycles. The van der Waals surface area contributed by atoms with E-state index in [1.165, 1.54) is 24.3 Å². The number of rotatable bonds is 6. The van der Waals surface area contributed by atoms with E-state index < -0.39 is 23.7 Å². The molecule has 0 aliphatic rings. The fourth-order valence-electron chi connectivity index (χ4n) is 2.75. The van der Waals surface area contributed by atoms with Gasteiger partial charge < -0.3 is 20.2 Å². The van der Waals surface area contributed by atoms with E-state index in [-0.39, 0.29) is 12.8 Å². The van der Waals surface area contributed by atoms with Crippen LogP contribution in [0.3, 0.4) is 0 Å². The molecule has 3 aromatic rings. The first-order chi connectivity index (χ1) is 12.0. The number of aliphatic carboxylic acids is 1. The number of para-hydroxylation sites is 1. The van der Waals surface area contributed by atoms with Crippen molar-refractivity contribution in [3.8, 4) is 0 Å². The van der Waals surface area contributed by atoms with Crippen LogP contribution < -0.4 is 10.4 Å². The number of carbonyl (C=O) groups is 2. The Morgan fingerprint density at radius 3 is 2.56 bits per heavy atom. The van der Waals surface area contributed by atoms with E-state index >= 15 is 0 Å². The molecule has 25 heavy (non-hydrogen) atoms. The number of hydrogen-bond donors (Lipinski definition) is 2. The lowest BCUT2D eigenvalue weighted by atomic mass is 10.0. The second kappa shape index (κ2) is 7.17. The molecule has 1 amide bonds. The fourth-order valence-corrected chi connectivity index (χ4v) is 2.75. The number of aromatic nitrogens is 1. The van der Waals surface area contributed by atoms with Gasteiger partial charge in [-0.1, -0.05) is 30.3 Å². The van der Waals surface area contributed by atoms with Gasteiger partial charge in [-0.25, -0.2) is 4.39 Å². The molecule has 0 fully saturated rings. The summed E-state index contributed by atoms with van der Waals surface area (Å²) >= 11 is 0. The van der Waals surface area contributed by atoms with Gasteiger partial charge in [0.15, 0.2) is 0 Å². The SMILES string of the molecule is O=C(Cc1ccc(F)cc1)N[C@H](Cc1c[nH]c2ccccc12)C(=O)[O-]. The number of nitrogens with one attached hydrogen (secondary N) is 2. The standard InChI is InChI=1S/C19H17FN2O3/c20-14-7-5-12(6-8-14)9-18(23)22-17(19(24)25)10-13-11-21-16-4-2-1-3-15(13)16/h1-8,11,17,21H,9-10H2,(H,22,23)(H,24,25)/p-1/t17-/m1/s1. The van der Waals surface area contributed by atoms with Crippen molar-refractivity contribution in [3.05, 3.63) is 71.7 Å². The van der Waals surface area contributed by atoms with Gasteiger partial charge in [-0.05, 0) is 29.3 Å². The number of benzene rings is 2. The Balaban J connectivity index is 1.69. The first kappa shape index (κ1) is 16.7. The largest absolute Gasteiger partial charge is 0.548 e. The Morgan fingerprint density at radius 1 is 1.12 bits per heavy atom. The van der Waals surface area contributed by atoms with Crippen molar-refractivity contribution >= 4 is 22.8 Å². The monoisotopic (exact) mass is 339 g/mol. The molecule has 3 rings (SSSR count). The minimum Gasteiger partial charge on any atom is -0.548 e. The van der Waals surface area contributed by atoms with Crippen molar-refractivity contribution in [2.45, 2.75) is 18.9 Å². The van der Waals surface area contributed by atoms with Crippen LogP contribution in [0.1, 0.15) is 11.1 Å². The van der Waals surface area contributed by atoms with Gasteiger partial charge in [0.1, 0.15) is 5.82 Å². The average molecular weight is 339 g/mol. The fraction of sp³-hybridized carbons (Fsp3) is 0.158. The summed E-state index contributed by atoms with van der Waals surface area (Å²) in [7, 11) is 0. The van der Waals surface area contributed by atoms with Crippen molar-refractivity contribution in [1.82, 2.24) is 10.3 Å². The normalized spacial score (nSPS) is 12.0. The van der Waals surface area contributed by atoms with Crippen LogP contribution in [0.25, 0.3) is 10.9 Å². The topological polar surface area (TPSA) is 85.0 Å².